The zero-order valence-corrected chi connectivity index (χ0v) is 20.3. The second kappa shape index (κ2) is 8.07. The Hall–Kier alpha value is -0.600. The summed E-state index contributed by atoms with van der Waals surface area (Å²) >= 11 is 0. The number of rotatable bonds is 4. The van der Waals surface area contributed by atoms with Crippen LogP contribution in [0.15, 0.2) is 23.8 Å². The monoisotopic (exact) mass is 414 g/mol. The minimum Gasteiger partial charge on any atom is -0.393 e. The molecule has 0 heterocycles. The van der Waals surface area contributed by atoms with Crippen LogP contribution in [0.25, 0.3) is 0 Å². The number of hydrogen-bond donors (Lipinski definition) is 2. The SMILES string of the molecule is CC(C)C(C)/C=C/[C@@H](C)[C@H]1CC[C@H]2C3CC=C4CC(O)CCC4(C)[C@H]3C[C@H](O)C12C. The standard InChI is InChI=1S/C28H46O2/c1-17(2)18(3)7-8-19(4)23-11-12-24-22-10-9-20-15-21(29)13-14-27(20,5)25(22)16-26(30)28(23,24)6/h7-9,17-19,21-26,29-30H,10-16H2,1-6H3/b8-7+/t18?,19-,21?,22?,23-,24+,25+,26+,27?,28?/m1/s1. The summed E-state index contributed by atoms with van der Waals surface area (Å²) in [5.74, 6) is 4.34. The molecule has 3 fully saturated rings. The average Bonchev–Trinajstić information content (AvgIpc) is 3.06. The van der Waals surface area contributed by atoms with E-state index in [4.69, 9.17) is 0 Å². The van der Waals surface area contributed by atoms with Crippen LogP contribution in [-0.4, -0.2) is 22.4 Å². The maximum atomic E-state index is 11.6. The van der Waals surface area contributed by atoms with Crippen molar-refractivity contribution in [2.45, 2.75) is 98.7 Å². The van der Waals surface area contributed by atoms with Crippen LogP contribution < -0.4 is 0 Å². The zero-order valence-electron chi connectivity index (χ0n) is 20.3. The third-order valence-electron chi connectivity index (χ3n) is 10.7. The Morgan fingerprint density at radius 3 is 2.43 bits per heavy atom. The van der Waals surface area contributed by atoms with Gasteiger partial charge in [0.25, 0.3) is 0 Å². The summed E-state index contributed by atoms with van der Waals surface area (Å²) in [6.45, 7) is 14.2. The van der Waals surface area contributed by atoms with E-state index in [0.717, 1.165) is 32.1 Å². The first-order valence-electron chi connectivity index (χ1n) is 12.8. The van der Waals surface area contributed by atoms with Gasteiger partial charge in [0, 0.05) is 0 Å². The first-order valence-corrected chi connectivity index (χ1v) is 12.8. The highest BCUT2D eigenvalue weighted by molar-refractivity contribution is 5.26. The van der Waals surface area contributed by atoms with Crippen molar-refractivity contribution >= 4 is 0 Å². The van der Waals surface area contributed by atoms with Crippen molar-refractivity contribution in [2.24, 2.45) is 52.3 Å². The number of fused-ring (bicyclic) bond motifs is 5. The number of hydrogen-bond acceptors (Lipinski definition) is 2. The molecule has 5 unspecified atom stereocenters. The Balaban J connectivity index is 1.58. The highest BCUT2D eigenvalue weighted by atomic mass is 16.3. The predicted molar refractivity (Wildman–Crippen MR) is 125 cm³/mol. The molecule has 4 aliphatic carbocycles. The minimum absolute atomic E-state index is 0.0435. The van der Waals surface area contributed by atoms with E-state index in [0.29, 0.717) is 41.4 Å². The topological polar surface area (TPSA) is 40.5 Å². The minimum atomic E-state index is -0.197. The van der Waals surface area contributed by atoms with Crippen molar-refractivity contribution < 1.29 is 10.2 Å². The van der Waals surface area contributed by atoms with Crippen molar-refractivity contribution in [1.82, 2.24) is 0 Å². The van der Waals surface area contributed by atoms with Gasteiger partial charge in [-0.3, -0.25) is 0 Å². The van der Waals surface area contributed by atoms with Gasteiger partial charge in [-0.05, 0) is 97.2 Å². The van der Waals surface area contributed by atoms with E-state index in [1.165, 1.54) is 18.4 Å². The first-order chi connectivity index (χ1) is 14.1. The molecule has 0 radical (unpaired) electrons. The van der Waals surface area contributed by atoms with Gasteiger partial charge in [0.1, 0.15) is 0 Å². The molecule has 0 aromatic rings. The summed E-state index contributed by atoms with van der Waals surface area (Å²) in [6.07, 6.45) is 14.6. The molecular formula is C28H46O2. The maximum Gasteiger partial charge on any atom is 0.0602 e. The highest BCUT2D eigenvalue weighted by Crippen LogP contribution is 2.67. The Labute approximate surface area is 185 Å². The summed E-state index contributed by atoms with van der Waals surface area (Å²) in [7, 11) is 0. The quantitative estimate of drug-likeness (QED) is 0.524. The van der Waals surface area contributed by atoms with E-state index in [2.05, 4.69) is 59.8 Å². The van der Waals surface area contributed by atoms with Crippen LogP contribution in [0.4, 0.5) is 0 Å². The Morgan fingerprint density at radius 1 is 1.00 bits per heavy atom. The Kier molecular flexibility index (Phi) is 6.08. The molecule has 0 aliphatic heterocycles. The van der Waals surface area contributed by atoms with Crippen LogP contribution in [0.1, 0.15) is 86.5 Å². The van der Waals surface area contributed by atoms with Gasteiger partial charge in [0.05, 0.1) is 12.2 Å². The number of aliphatic hydroxyl groups is 2. The molecule has 4 aliphatic rings. The summed E-state index contributed by atoms with van der Waals surface area (Å²) in [5, 5.41) is 21.9. The van der Waals surface area contributed by atoms with Crippen LogP contribution in [0.3, 0.4) is 0 Å². The van der Waals surface area contributed by atoms with Crippen molar-refractivity contribution in [3.05, 3.63) is 23.8 Å². The van der Waals surface area contributed by atoms with Gasteiger partial charge in [-0.1, -0.05) is 65.3 Å². The lowest BCUT2D eigenvalue weighted by atomic mass is 9.46. The van der Waals surface area contributed by atoms with Crippen LogP contribution in [-0.2, 0) is 0 Å². The van der Waals surface area contributed by atoms with Crippen molar-refractivity contribution in [3.63, 3.8) is 0 Å². The fraction of sp³-hybridized carbons (Fsp3) is 0.857. The molecule has 0 saturated heterocycles. The molecule has 3 saturated carbocycles. The zero-order chi connectivity index (χ0) is 21.8. The van der Waals surface area contributed by atoms with Gasteiger partial charge >= 0.3 is 0 Å². The third-order valence-corrected chi connectivity index (χ3v) is 10.7. The molecule has 2 N–H and O–H groups in total. The number of aliphatic hydroxyl groups excluding tert-OH is 2. The maximum absolute atomic E-state index is 11.6. The van der Waals surface area contributed by atoms with Gasteiger partial charge in [-0.2, -0.15) is 0 Å². The van der Waals surface area contributed by atoms with Crippen LogP contribution >= 0.6 is 0 Å². The smallest absolute Gasteiger partial charge is 0.0602 e. The molecule has 0 spiro atoms. The van der Waals surface area contributed by atoms with Gasteiger partial charge in [-0.25, -0.2) is 0 Å². The molecule has 30 heavy (non-hydrogen) atoms. The Morgan fingerprint density at radius 2 is 1.73 bits per heavy atom. The molecule has 0 aromatic heterocycles. The first kappa shape index (κ1) is 22.6. The van der Waals surface area contributed by atoms with Crippen molar-refractivity contribution in [1.29, 1.82) is 0 Å². The molecule has 0 aromatic carbocycles. The lowest BCUT2D eigenvalue weighted by Crippen LogP contribution is -2.56. The fourth-order valence-electron chi connectivity index (χ4n) is 8.21. The molecule has 2 nitrogen and oxygen atoms in total. The van der Waals surface area contributed by atoms with E-state index in [-0.39, 0.29) is 23.0 Å². The van der Waals surface area contributed by atoms with Crippen molar-refractivity contribution in [3.8, 4) is 0 Å². The van der Waals surface area contributed by atoms with Crippen molar-refractivity contribution in [2.75, 3.05) is 0 Å². The largest absolute Gasteiger partial charge is 0.393 e. The molecule has 0 amide bonds. The van der Waals surface area contributed by atoms with E-state index >= 15 is 0 Å². The predicted octanol–water partition coefficient (Wildman–Crippen LogP) is 6.38. The Bertz CT molecular complexity index is 693. The molecule has 10 atom stereocenters. The second-order valence-corrected chi connectivity index (χ2v) is 12.3. The third kappa shape index (κ3) is 3.45. The molecule has 0 bridgehead atoms. The molecule has 2 heteroatoms. The fourth-order valence-corrected chi connectivity index (χ4v) is 8.21. The van der Waals surface area contributed by atoms with E-state index in [9.17, 15) is 10.2 Å². The van der Waals surface area contributed by atoms with Gasteiger partial charge in [-0.15, -0.1) is 0 Å². The highest BCUT2D eigenvalue weighted by Gasteiger charge is 2.62. The van der Waals surface area contributed by atoms with Crippen LogP contribution in [0, 0.1) is 52.3 Å². The molecular weight excluding hydrogens is 368 g/mol. The molecule has 170 valence electrons. The van der Waals surface area contributed by atoms with Gasteiger partial charge in [0.15, 0.2) is 0 Å². The van der Waals surface area contributed by atoms with E-state index < -0.39 is 0 Å². The van der Waals surface area contributed by atoms with Crippen LogP contribution in [0.2, 0.25) is 0 Å². The second-order valence-electron chi connectivity index (χ2n) is 12.3. The lowest BCUT2D eigenvalue weighted by molar-refractivity contribution is -0.133. The summed E-state index contributed by atoms with van der Waals surface area (Å²) in [5.41, 5.74) is 1.73. The average molecular weight is 415 g/mol. The van der Waals surface area contributed by atoms with Crippen LogP contribution in [0.5, 0.6) is 0 Å². The summed E-state index contributed by atoms with van der Waals surface area (Å²) in [6, 6.07) is 0. The van der Waals surface area contributed by atoms with Gasteiger partial charge < -0.3 is 10.2 Å². The van der Waals surface area contributed by atoms with Gasteiger partial charge in [0.2, 0.25) is 0 Å². The molecule has 4 rings (SSSR count). The lowest BCUT2D eigenvalue weighted by Gasteiger charge is -2.60. The van der Waals surface area contributed by atoms with E-state index in [1.54, 1.807) is 0 Å². The van der Waals surface area contributed by atoms with E-state index in [1.807, 2.05) is 0 Å². The number of allylic oxidation sites excluding steroid dienone is 3. The normalized spacial score (nSPS) is 48.1. The summed E-state index contributed by atoms with van der Waals surface area (Å²) < 4.78 is 0. The summed E-state index contributed by atoms with van der Waals surface area (Å²) in [4.78, 5) is 0.